The average Bonchev–Trinajstić information content (AvgIpc) is 2.69. The molecule has 2 saturated heterocycles. The number of hydrogen-bond acceptors (Lipinski definition) is 3. The first kappa shape index (κ1) is 18.1. The van der Waals surface area contributed by atoms with Gasteiger partial charge in [0.2, 0.25) is 0 Å². The molecule has 0 atom stereocenters. The number of anilines is 1. The van der Waals surface area contributed by atoms with E-state index in [1.807, 2.05) is 0 Å². The molecule has 0 radical (unpaired) electrons. The molecular formula is C23H34N2O. The second kappa shape index (κ2) is 7.74. The van der Waals surface area contributed by atoms with E-state index in [9.17, 15) is 0 Å². The van der Waals surface area contributed by atoms with Gasteiger partial charge >= 0.3 is 0 Å². The van der Waals surface area contributed by atoms with Crippen LogP contribution in [0.3, 0.4) is 0 Å². The van der Waals surface area contributed by atoms with Gasteiger partial charge in [0, 0.05) is 56.7 Å². The Morgan fingerprint density at radius 3 is 2.42 bits per heavy atom. The summed E-state index contributed by atoms with van der Waals surface area (Å²) in [6.07, 6.45) is 8.63. The topological polar surface area (TPSA) is 15.7 Å². The Bertz CT molecular complexity index is 637. The van der Waals surface area contributed by atoms with Crippen LogP contribution < -0.4 is 4.90 Å². The molecule has 2 fully saturated rings. The molecule has 2 heterocycles. The summed E-state index contributed by atoms with van der Waals surface area (Å²) in [5.74, 6) is 0. The zero-order valence-corrected chi connectivity index (χ0v) is 16.5. The van der Waals surface area contributed by atoms with E-state index in [-0.39, 0.29) is 0 Å². The third kappa shape index (κ3) is 3.99. The molecule has 142 valence electrons. The van der Waals surface area contributed by atoms with Crippen LogP contribution in [0.4, 0.5) is 5.69 Å². The van der Waals surface area contributed by atoms with Crippen molar-refractivity contribution in [2.24, 2.45) is 5.41 Å². The standard InChI is InChI=1S/C23H34N2O/c1-23(2)11-7-19(8-12-23)21-5-3-4-6-22(21)25-15-13-24(14-16-25)20-9-17-26-18-10-20/h3-7,20H,8-18H2,1-2H3. The van der Waals surface area contributed by atoms with Crippen LogP contribution in [-0.2, 0) is 4.74 Å². The van der Waals surface area contributed by atoms with Crippen molar-refractivity contribution < 1.29 is 4.74 Å². The third-order valence-electron chi connectivity index (χ3n) is 6.58. The van der Waals surface area contributed by atoms with Crippen molar-refractivity contribution in [2.75, 3.05) is 44.3 Å². The fourth-order valence-electron chi connectivity index (χ4n) is 4.72. The summed E-state index contributed by atoms with van der Waals surface area (Å²) in [5.41, 5.74) is 4.95. The molecule has 3 aliphatic rings. The maximum atomic E-state index is 5.54. The van der Waals surface area contributed by atoms with Crippen LogP contribution in [0.2, 0.25) is 0 Å². The minimum absolute atomic E-state index is 0.466. The zero-order valence-electron chi connectivity index (χ0n) is 16.5. The Hall–Kier alpha value is -1.32. The first-order valence-electron chi connectivity index (χ1n) is 10.5. The monoisotopic (exact) mass is 354 g/mol. The molecule has 2 aliphatic heterocycles. The number of nitrogens with zero attached hydrogens (tertiary/aromatic N) is 2. The molecule has 0 saturated carbocycles. The second-order valence-corrected chi connectivity index (χ2v) is 8.98. The molecule has 4 rings (SSSR count). The fourth-order valence-corrected chi connectivity index (χ4v) is 4.72. The van der Waals surface area contributed by atoms with Crippen LogP contribution in [0.5, 0.6) is 0 Å². The number of piperazine rings is 1. The SMILES string of the molecule is CC1(C)CC=C(c2ccccc2N2CCN(C3CCOCC3)CC2)CC1. The lowest BCUT2D eigenvalue weighted by Gasteiger charge is -2.42. The van der Waals surface area contributed by atoms with Gasteiger partial charge < -0.3 is 9.64 Å². The number of para-hydroxylation sites is 1. The summed E-state index contributed by atoms with van der Waals surface area (Å²) < 4.78 is 5.54. The van der Waals surface area contributed by atoms with Crippen molar-refractivity contribution in [3.8, 4) is 0 Å². The van der Waals surface area contributed by atoms with Gasteiger partial charge in [0.1, 0.15) is 0 Å². The summed E-state index contributed by atoms with van der Waals surface area (Å²) in [7, 11) is 0. The molecule has 1 aromatic carbocycles. The number of hydrogen-bond donors (Lipinski definition) is 0. The lowest BCUT2D eigenvalue weighted by Crippen LogP contribution is -2.51. The number of ether oxygens (including phenoxy) is 1. The molecule has 0 amide bonds. The van der Waals surface area contributed by atoms with Crippen molar-refractivity contribution in [3.05, 3.63) is 35.9 Å². The van der Waals surface area contributed by atoms with Crippen LogP contribution in [0.25, 0.3) is 5.57 Å². The van der Waals surface area contributed by atoms with E-state index < -0.39 is 0 Å². The highest BCUT2D eigenvalue weighted by atomic mass is 16.5. The lowest BCUT2D eigenvalue weighted by molar-refractivity contribution is 0.0321. The van der Waals surface area contributed by atoms with Gasteiger partial charge in [-0.05, 0) is 49.2 Å². The molecule has 3 heteroatoms. The quantitative estimate of drug-likeness (QED) is 0.790. The molecule has 26 heavy (non-hydrogen) atoms. The van der Waals surface area contributed by atoms with Crippen molar-refractivity contribution in [1.29, 1.82) is 0 Å². The Balaban J connectivity index is 1.45. The Labute approximate surface area is 159 Å². The lowest BCUT2D eigenvalue weighted by atomic mass is 9.77. The third-order valence-corrected chi connectivity index (χ3v) is 6.58. The first-order chi connectivity index (χ1) is 12.6. The molecule has 0 bridgehead atoms. The fraction of sp³-hybridized carbons (Fsp3) is 0.652. The van der Waals surface area contributed by atoms with Crippen LogP contribution in [0.15, 0.2) is 30.3 Å². The van der Waals surface area contributed by atoms with Crippen molar-refractivity contribution in [3.63, 3.8) is 0 Å². The van der Waals surface area contributed by atoms with Crippen LogP contribution in [-0.4, -0.2) is 50.3 Å². The summed E-state index contributed by atoms with van der Waals surface area (Å²) in [4.78, 5) is 5.32. The van der Waals surface area contributed by atoms with Gasteiger partial charge in [0.05, 0.1) is 0 Å². The van der Waals surface area contributed by atoms with Gasteiger partial charge in [0.15, 0.2) is 0 Å². The Kier molecular flexibility index (Phi) is 5.37. The van der Waals surface area contributed by atoms with Gasteiger partial charge in [-0.3, -0.25) is 4.90 Å². The van der Waals surface area contributed by atoms with Gasteiger partial charge in [-0.2, -0.15) is 0 Å². The van der Waals surface area contributed by atoms with Crippen LogP contribution in [0, 0.1) is 5.41 Å². The predicted octanol–water partition coefficient (Wildman–Crippen LogP) is 4.58. The minimum Gasteiger partial charge on any atom is -0.381 e. The molecule has 0 N–H and O–H groups in total. The molecule has 0 unspecified atom stereocenters. The predicted molar refractivity (Wildman–Crippen MR) is 110 cm³/mol. The van der Waals surface area contributed by atoms with Crippen molar-refractivity contribution in [2.45, 2.75) is 52.0 Å². The molecule has 1 aliphatic carbocycles. The Morgan fingerprint density at radius 1 is 1.00 bits per heavy atom. The number of allylic oxidation sites excluding steroid dienone is 2. The summed E-state index contributed by atoms with van der Waals surface area (Å²) >= 11 is 0. The van der Waals surface area contributed by atoms with Crippen molar-refractivity contribution >= 4 is 11.3 Å². The zero-order chi connectivity index (χ0) is 18.0. The molecule has 1 aromatic rings. The normalized spacial score (nSPS) is 25.2. The van der Waals surface area contributed by atoms with E-state index >= 15 is 0 Å². The molecule has 0 spiro atoms. The van der Waals surface area contributed by atoms with E-state index in [4.69, 9.17) is 4.74 Å². The smallest absolute Gasteiger partial charge is 0.0480 e. The molecule has 3 nitrogen and oxygen atoms in total. The van der Waals surface area contributed by atoms with Crippen molar-refractivity contribution in [1.82, 2.24) is 4.90 Å². The van der Waals surface area contributed by atoms with E-state index in [0.717, 1.165) is 32.3 Å². The van der Waals surface area contributed by atoms with Crippen LogP contribution >= 0.6 is 0 Å². The van der Waals surface area contributed by atoms with Gasteiger partial charge in [-0.15, -0.1) is 0 Å². The summed E-state index contributed by atoms with van der Waals surface area (Å²) in [6.45, 7) is 11.3. The summed E-state index contributed by atoms with van der Waals surface area (Å²) in [6, 6.07) is 9.82. The highest BCUT2D eigenvalue weighted by molar-refractivity contribution is 5.77. The van der Waals surface area contributed by atoms with Gasteiger partial charge in [-0.25, -0.2) is 0 Å². The largest absolute Gasteiger partial charge is 0.381 e. The maximum absolute atomic E-state index is 5.54. The molecule has 0 aromatic heterocycles. The summed E-state index contributed by atoms with van der Waals surface area (Å²) in [5, 5.41) is 0. The first-order valence-corrected chi connectivity index (χ1v) is 10.5. The maximum Gasteiger partial charge on any atom is 0.0480 e. The number of rotatable bonds is 3. The Morgan fingerprint density at radius 2 is 1.73 bits per heavy atom. The average molecular weight is 355 g/mol. The highest BCUT2D eigenvalue weighted by Gasteiger charge is 2.27. The second-order valence-electron chi connectivity index (χ2n) is 8.98. The minimum atomic E-state index is 0.466. The van der Waals surface area contributed by atoms with Gasteiger partial charge in [0.25, 0.3) is 0 Å². The van der Waals surface area contributed by atoms with E-state index in [2.05, 4.69) is 54.0 Å². The van der Waals surface area contributed by atoms with E-state index in [1.54, 1.807) is 5.57 Å². The van der Waals surface area contributed by atoms with E-state index in [1.165, 1.54) is 56.4 Å². The molecular weight excluding hydrogens is 320 g/mol. The van der Waals surface area contributed by atoms with Gasteiger partial charge in [-0.1, -0.05) is 38.1 Å². The van der Waals surface area contributed by atoms with E-state index in [0.29, 0.717) is 5.41 Å². The highest BCUT2D eigenvalue weighted by Crippen LogP contribution is 2.40. The van der Waals surface area contributed by atoms with Crippen LogP contribution in [0.1, 0.15) is 51.5 Å². The number of benzene rings is 1.